The van der Waals surface area contributed by atoms with Crippen LogP contribution in [0.4, 0.5) is 5.69 Å². The molecule has 22 heavy (non-hydrogen) atoms. The maximum atomic E-state index is 12.7. The highest BCUT2D eigenvalue weighted by molar-refractivity contribution is 7.92. The molecular formula is C15H19NO5S. The van der Waals surface area contributed by atoms with Crippen molar-refractivity contribution < 1.29 is 23.1 Å². The Bertz CT molecular complexity index is 679. The zero-order valence-corrected chi connectivity index (χ0v) is 13.0. The fourth-order valence-corrected chi connectivity index (χ4v) is 5.01. The Balaban J connectivity index is 1.88. The van der Waals surface area contributed by atoms with Crippen molar-refractivity contribution in [1.29, 1.82) is 0 Å². The molecule has 0 aromatic heterocycles. The Morgan fingerprint density at radius 2 is 2.23 bits per heavy atom. The van der Waals surface area contributed by atoms with Crippen LogP contribution in [-0.2, 0) is 21.2 Å². The monoisotopic (exact) mass is 325 g/mol. The molecule has 1 unspecified atom stereocenters. The van der Waals surface area contributed by atoms with Crippen LogP contribution >= 0.6 is 0 Å². The van der Waals surface area contributed by atoms with Crippen LogP contribution in [0.2, 0.25) is 0 Å². The number of benzene rings is 1. The summed E-state index contributed by atoms with van der Waals surface area (Å²) in [5.74, 6) is -0.854. The molecule has 1 aromatic rings. The van der Waals surface area contributed by atoms with Crippen molar-refractivity contribution in [1.82, 2.24) is 0 Å². The Kier molecular flexibility index (Phi) is 4.10. The number of rotatable bonds is 4. The van der Waals surface area contributed by atoms with Crippen LogP contribution in [0.1, 0.15) is 28.8 Å². The zero-order valence-electron chi connectivity index (χ0n) is 12.2. The molecule has 2 heterocycles. The van der Waals surface area contributed by atoms with Crippen molar-refractivity contribution in [3.05, 3.63) is 29.3 Å². The van der Waals surface area contributed by atoms with E-state index in [0.717, 1.165) is 12.0 Å². The molecule has 1 N–H and O–H groups in total. The third-order valence-corrected chi connectivity index (χ3v) is 6.15. The molecule has 0 spiro atoms. The van der Waals surface area contributed by atoms with Crippen LogP contribution in [0.3, 0.4) is 0 Å². The first-order chi connectivity index (χ1) is 10.5. The third-order valence-electron chi connectivity index (χ3n) is 4.21. The number of sulfonamides is 1. The number of nitrogens with zero attached hydrogens (tertiary/aromatic N) is 1. The summed E-state index contributed by atoms with van der Waals surface area (Å²) in [4.78, 5) is 11.0. The molecule has 0 amide bonds. The number of fused-ring (bicyclic) bond motifs is 1. The average Bonchev–Trinajstić information content (AvgIpc) is 2.98. The van der Waals surface area contributed by atoms with Gasteiger partial charge < -0.3 is 9.84 Å². The van der Waals surface area contributed by atoms with Crippen LogP contribution in [0.25, 0.3) is 0 Å². The molecule has 3 rings (SSSR count). The van der Waals surface area contributed by atoms with E-state index in [1.54, 1.807) is 12.1 Å². The van der Waals surface area contributed by atoms with Gasteiger partial charge in [0.15, 0.2) is 0 Å². The van der Waals surface area contributed by atoms with Crippen molar-refractivity contribution in [3.8, 4) is 0 Å². The molecule has 0 aliphatic carbocycles. The molecule has 7 heteroatoms. The predicted octanol–water partition coefficient (Wildman–Crippen LogP) is 1.50. The van der Waals surface area contributed by atoms with Gasteiger partial charge in [0, 0.05) is 19.1 Å². The van der Waals surface area contributed by atoms with Crippen molar-refractivity contribution in [2.75, 3.05) is 29.8 Å². The summed E-state index contributed by atoms with van der Waals surface area (Å²) in [6.07, 6.45) is 2.18. The number of hydrogen-bond acceptors (Lipinski definition) is 4. The minimum Gasteiger partial charge on any atom is -0.478 e. The van der Waals surface area contributed by atoms with Gasteiger partial charge in [0.05, 0.1) is 23.6 Å². The molecule has 1 fully saturated rings. The van der Waals surface area contributed by atoms with Gasteiger partial charge in [-0.2, -0.15) is 0 Å². The lowest BCUT2D eigenvalue weighted by Gasteiger charge is -2.31. The lowest BCUT2D eigenvalue weighted by molar-refractivity contribution is 0.0696. The van der Waals surface area contributed by atoms with E-state index in [-0.39, 0.29) is 17.2 Å². The second kappa shape index (κ2) is 5.89. The SMILES string of the molecule is O=C(O)c1ccc2c(c1)CCCN2S(=O)(=O)CC1CCOC1. The molecule has 2 aliphatic heterocycles. The number of carbonyl (C=O) groups is 1. The van der Waals surface area contributed by atoms with E-state index in [9.17, 15) is 13.2 Å². The number of ether oxygens (including phenoxy) is 1. The molecule has 2 aliphatic rings. The number of hydrogen-bond donors (Lipinski definition) is 1. The molecular weight excluding hydrogens is 306 g/mol. The number of carboxylic acid groups (broad SMARTS) is 1. The van der Waals surface area contributed by atoms with Crippen LogP contribution in [0, 0.1) is 5.92 Å². The van der Waals surface area contributed by atoms with E-state index in [0.29, 0.717) is 38.3 Å². The minimum atomic E-state index is -3.41. The maximum absolute atomic E-state index is 12.7. The lowest BCUT2D eigenvalue weighted by Crippen LogP contribution is -2.39. The fourth-order valence-electron chi connectivity index (χ4n) is 3.09. The van der Waals surface area contributed by atoms with Crippen LogP contribution in [-0.4, -0.2) is 45.0 Å². The highest BCUT2D eigenvalue weighted by Gasteiger charge is 2.31. The molecule has 1 aromatic carbocycles. The van der Waals surface area contributed by atoms with Gasteiger partial charge in [-0.05, 0) is 43.0 Å². The topological polar surface area (TPSA) is 83.9 Å². The first-order valence-electron chi connectivity index (χ1n) is 7.42. The van der Waals surface area contributed by atoms with E-state index in [2.05, 4.69) is 0 Å². The summed E-state index contributed by atoms with van der Waals surface area (Å²) in [6.45, 7) is 1.58. The van der Waals surface area contributed by atoms with E-state index in [4.69, 9.17) is 9.84 Å². The van der Waals surface area contributed by atoms with Gasteiger partial charge in [0.1, 0.15) is 0 Å². The standard InChI is InChI=1S/C15H19NO5S/c17-15(18)13-3-4-14-12(8-13)2-1-6-16(14)22(19,20)10-11-5-7-21-9-11/h3-4,8,11H,1-2,5-7,9-10H2,(H,17,18). The summed E-state index contributed by atoms with van der Waals surface area (Å²) < 4.78 is 32.0. The van der Waals surface area contributed by atoms with Gasteiger partial charge in [0.2, 0.25) is 10.0 Å². The van der Waals surface area contributed by atoms with Gasteiger partial charge in [-0.1, -0.05) is 0 Å². The van der Waals surface area contributed by atoms with Crippen molar-refractivity contribution in [2.24, 2.45) is 5.92 Å². The minimum absolute atomic E-state index is 0.0497. The molecule has 120 valence electrons. The second-order valence-electron chi connectivity index (χ2n) is 5.83. The van der Waals surface area contributed by atoms with Crippen LogP contribution < -0.4 is 4.31 Å². The molecule has 0 radical (unpaired) electrons. The summed E-state index contributed by atoms with van der Waals surface area (Å²) in [5, 5.41) is 9.06. The third kappa shape index (κ3) is 2.96. The number of anilines is 1. The lowest BCUT2D eigenvalue weighted by atomic mass is 10.0. The van der Waals surface area contributed by atoms with Crippen molar-refractivity contribution >= 4 is 21.7 Å². The first kappa shape index (κ1) is 15.3. The highest BCUT2D eigenvalue weighted by Crippen LogP contribution is 2.31. The summed E-state index contributed by atoms with van der Waals surface area (Å²) in [7, 11) is -3.41. The average molecular weight is 325 g/mol. The second-order valence-corrected chi connectivity index (χ2v) is 7.77. The number of carboxylic acids is 1. The maximum Gasteiger partial charge on any atom is 0.335 e. The normalized spacial score (nSPS) is 21.6. The first-order valence-corrected chi connectivity index (χ1v) is 9.02. The Morgan fingerprint density at radius 3 is 2.91 bits per heavy atom. The van der Waals surface area contributed by atoms with Gasteiger partial charge >= 0.3 is 5.97 Å². The van der Waals surface area contributed by atoms with Crippen LogP contribution in [0.5, 0.6) is 0 Å². The summed E-state index contributed by atoms with van der Waals surface area (Å²) in [5.41, 5.74) is 1.61. The highest BCUT2D eigenvalue weighted by atomic mass is 32.2. The zero-order chi connectivity index (χ0) is 15.7. The van der Waals surface area contributed by atoms with E-state index >= 15 is 0 Å². The molecule has 1 atom stereocenters. The molecule has 0 saturated carbocycles. The van der Waals surface area contributed by atoms with Crippen molar-refractivity contribution in [2.45, 2.75) is 19.3 Å². The Morgan fingerprint density at radius 1 is 1.41 bits per heavy atom. The smallest absolute Gasteiger partial charge is 0.335 e. The van der Waals surface area contributed by atoms with Crippen LogP contribution in [0.15, 0.2) is 18.2 Å². The Hall–Kier alpha value is -1.60. The Labute approximate surface area is 129 Å². The van der Waals surface area contributed by atoms with Crippen molar-refractivity contribution in [3.63, 3.8) is 0 Å². The quantitative estimate of drug-likeness (QED) is 0.907. The molecule has 0 bridgehead atoms. The summed E-state index contributed by atoms with van der Waals surface area (Å²) >= 11 is 0. The predicted molar refractivity (Wildman–Crippen MR) is 81.8 cm³/mol. The summed E-state index contributed by atoms with van der Waals surface area (Å²) in [6, 6.07) is 4.66. The van der Waals surface area contributed by atoms with E-state index in [1.807, 2.05) is 0 Å². The number of aromatic carboxylic acids is 1. The largest absolute Gasteiger partial charge is 0.478 e. The van der Waals surface area contributed by atoms with Gasteiger partial charge in [-0.3, -0.25) is 4.31 Å². The van der Waals surface area contributed by atoms with E-state index < -0.39 is 16.0 Å². The van der Waals surface area contributed by atoms with Gasteiger partial charge in [0.25, 0.3) is 0 Å². The fraction of sp³-hybridized carbons (Fsp3) is 0.533. The number of aryl methyl sites for hydroxylation is 1. The van der Waals surface area contributed by atoms with E-state index in [1.165, 1.54) is 10.4 Å². The van der Waals surface area contributed by atoms with Gasteiger partial charge in [-0.15, -0.1) is 0 Å². The molecule has 1 saturated heterocycles. The molecule has 6 nitrogen and oxygen atoms in total. The van der Waals surface area contributed by atoms with Gasteiger partial charge in [-0.25, -0.2) is 13.2 Å².